The van der Waals surface area contributed by atoms with Crippen molar-refractivity contribution in [3.63, 3.8) is 0 Å². The third-order valence-electron chi connectivity index (χ3n) is 3.47. The molecule has 0 aromatic carbocycles. The number of nitrogens with zero attached hydrogens (tertiary/aromatic N) is 1. The van der Waals surface area contributed by atoms with Crippen LogP contribution in [-0.2, 0) is 9.53 Å². The molecule has 0 radical (unpaired) electrons. The second-order valence-corrected chi connectivity index (χ2v) is 6.30. The SMILES string of the molecule is COC(=O)CC1(CSc2ccc(C(C)N)nc2)CC1. The summed E-state index contributed by atoms with van der Waals surface area (Å²) >= 11 is 1.75. The molecule has 19 heavy (non-hydrogen) atoms. The minimum Gasteiger partial charge on any atom is -0.469 e. The molecule has 0 spiro atoms. The van der Waals surface area contributed by atoms with Crippen LogP contribution in [-0.4, -0.2) is 23.8 Å². The van der Waals surface area contributed by atoms with Gasteiger partial charge in [0.1, 0.15) is 0 Å². The first-order valence-corrected chi connectivity index (χ1v) is 7.44. The first-order chi connectivity index (χ1) is 9.04. The van der Waals surface area contributed by atoms with E-state index in [4.69, 9.17) is 10.5 Å². The topological polar surface area (TPSA) is 65.2 Å². The van der Waals surface area contributed by atoms with Gasteiger partial charge >= 0.3 is 5.97 Å². The Hall–Kier alpha value is -1.07. The summed E-state index contributed by atoms with van der Waals surface area (Å²) < 4.78 is 4.75. The maximum absolute atomic E-state index is 11.3. The molecule has 0 saturated heterocycles. The summed E-state index contributed by atoms with van der Waals surface area (Å²) in [7, 11) is 1.45. The number of esters is 1. The predicted molar refractivity (Wildman–Crippen MR) is 75.9 cm³/mol. The summed E-state index contributed by atoms with van der Waals surface area (Å²) in [4.78, 5) is 16.8. The lowest BCUT2D eigenvalue weighted by atomic mass is 10.1. The van der Waals surface area contributed by atoms with Gasteiger partial charge in [0.15, 0.2) is 0 Å². The molecule has 1 aromatic rings. The van der Waals surface area contributed by atoms with Crippen LogP contribution >= 0.6 is 11.8 Å². The van der Waals surface area contributed by atoms with Gasteiger partial charge in [0.05, 0.1) is 19.2 Å². The number of thioether (sulfide) groups is 1. The number of aromatic nitrogens is 1. The van der Waals surface area contributed by atoms with Gasteiger partial charge in [-0.25, -0.2) is 0 Å². The van der Waals surface area contributed by atoms with Gasteiger partial charge in [0.2, 0.25) is 0 Å². The molecule has 2 rings (SSSR count). The summed E-state index contributed by atoms with van der Waals surface area (Å²) in [6.07, 6.45) is 4.61. The lowest BCUT2D eigenvalue weighted by Gasteiger charge is -2.13. The Morgan fingerprint density at radius 2 is 2.32 bits per heavy atom. The van der Waals surface area contributed by atoms with E-state index in [0.29, 0.717) is 6.42 Å². The van der Waals surface area contributed by atoms with Crippen LogP contribution in [0, 0.1) is 5.41 Å². The molecule has 1 aromatic heterocycles. The zero-order chi connectivity index (χ0) is 13.9. The fraction of sp³-hybridized carbons (Fsp3) is 0.571. The van der Waals surface area contributed by atoms with Crippen molar-refractivity contribution < 1.29 is 9.53 Å². The van der Waals surface area contributed by atoms with Gasteiger partial charge in [-0.3, -0.25) is 9.78 Å². The first-order valence-electron chi connectivity index (χ1n) is 6.46. The molecule has 5 heteroatoms. The second-order valence-electron chi connectivity index (χ2n) is 5.25. The average molecular weight is 280 g/mol. The molecule has 0 bridgehead atoms. The molecule has 1 unspecified atom stereocenters. The standard InChI is InChI=1S/C14H20N2O2S/c1-10(15)12-4-3-11(8-16-12)19-9-14(5-6-14)7-13(17)18-2/h3-4,8,10H,5-7,9,15H2,1-2H3. The van der Waals surface area contributed by atoms with E-state index < -0.39 is 0 Å². The summed E-state index contributed by atoms with van der Waals surface area (Å²) in [5, 5.41) is 0. The molecule has 104 valence electrons. The Bertz CT molecular complexity index is 441. The van der Waals surface area contributed by atoms with Crippen molar-refractivity contribution in [2.24, 2.45) is 11.1 Å². The number of rotatable bonds is 6. The normalized spacial score (nSPS) is 17.8. The highest BCUT2D eigenvalue weighted by molar-refractivity contribution is 7.99. The molecule has 1 fully saturated rings. The summed E-state index contributed by atoms with van der Waals surface area (Å²) in [6, 6.07) is 3.98. The fourth-order valence-corrected chi connectivity index (χ4v) is 3.07. The lowest BCUT2D eigenvalue weighted by Crippen LogP contribution is -2.13. The molecule has 1 aliphatic rings. The van der Waals surface area contributed by atoms with E-state index in [1.807, 2.05) is 25.3 Å². The minimum atomic E-state index is -0.108. The molecule has 1 heterocycles. The summed E-state index contributed by atoms with van der Waals surface area (Å²) in [6.45, 7) is 1.92. The van der Waals surface area contributed by atoms with E-state index >= 15 is 0 Å². The monoisotopic (exact) mass is 280 g/mol. The maximum Gasteiger partial charge on any atom is 0.306 e. The van der Waals surface area contributed by atoms with Crippen LogP contribution in [0.3, 0.4) is 0 Å². The Kier molecular flexibility index (Phi) is 4.47. The van der Waals surface area contributed by atoms with Crippen LogP contribution in [0.25, 0.3) is 0 Å². The highest BCUT2D eigenvalue weighted by Crippen LogP contribution is 2.52. The number of carbonyl (C=O) groups excluding carboxylic acids is 1. The summed E-state index contributed by atoms with van der Waals surface area (Å²) in [5.41, 5.74) is 6.82. The van der Waals surface area contributed by atoms with E-state index in [-0.39, 0.29) is 17.4 Å². The van der Waals surface area contributed by atoms with Gasteiger partial charge < -0.3 is 10.5 Å². The highest BCUT2D eigenvalue weighted by Gasteiger charge is 2.44. The number of methoxy groups -OCH3 is 1. The minimum absolute atomic E-state index is 0.0341. The fourth-order valence-electron chi connectivity index (χ4n) is 1.91. The van der Waals surface area contributed by atoms with Crippen molar-refractivity contribution in [1.82, 2.24) is 4.98 Å². The molecule has 0 amide bonds. The van der Waals surface area contributed by atoms with Crippen molar-refractivity contribution in [3.05, 3.63) is 24.0 Å². The third-order valence-corrected chi connectivity index (χ3v) is 4.81. The van der Waals surface area contributed by atoms with Gasteiger partial charge in [-0.1, -0.05) is 0 Å². The largest absolute Gasteiger partial charge is 0.469 e. The van der Waals surface area contributed by atoms with E-state index in [1.54, 1.807) is 11.8 Å². The number of nitrogens with two attached hydrogens (primary N) is 1. The number of carbonyl (C=O) groups is 1. The van der Waals surface area contributed by atoms with Crippen molar-refractivity contribution in [2.75, 3.05) is 12.9 Å². The van der Waals surface area contributed by atoms with E-state index in [2.05, 4.69) is 4.98 Å². The molecule has 1 saturated carbocycles. The average Bonchev–Trinajstić information content (AvgIpc) is 3.17. The third kappa shape index (κ3) is 3.94. The molecule has 1 atom stereocenters. The number of hydrogen-bond acceptors (Lipinski definition) is 5. The quantitative estimate of drug-likeness (QED) is 0.641. The zero-order valence-corrected chi connectivity index (χ0v) is 12.2. The van der Waals surface area contributed by atoms with Gasteiger partial charge in [-0.05, 0) is 37.3 Å². The molecular weight excluding hydrogens is 260 g/mol. The van der Waals surface area contributed by atoms with Crippen LogP contribution in [0.15, 0.2) is 23.2 Å². The second kappa shape index (κ2) is 5.92. The van der Waals surface area contributed by atoms with Gasteiger partial charge in [0, 0.05) is 22.9 Å². The van der Waals surface area contributed by atoms with E-state index in [1.165, 1.54) is 7.11 Å². The molecular formula is C14H20N2O2S. The Balaban J connectivity index is 1.87. The molecule has 1 aliphatic carbocycles. The number of pyridine rings is 1. The maximum atomic E-state index is 11.3. The number of hydrogen-bond donors (Lipinski definition) is 1. The van der Waals surface area contributed by atoms with Crippen LogP contribution in [0.1, 0.15) is 37.9 Å². The van der Waals surface area contributed by atoms with Crippen LogP contribution in [0.4, 0.5) is 0 Å². The van der Waals surface area contributed by atoms with Gasteiger partial charge in [0.25, 0.3) is 0 Å². The van der Waals surface area contributed by atoms with Crippen molar-refractivity contribution in [1.29, 1.82) is 0 Å². The first kappa shape index (κ1) is 14.3. The Labute approximate surface area is 118 Å². The Morgan fingerprint density at radius 3 is 2.79 bits per heavy atom. The van der Waals surface area contributed by atoms with Crippen molar-refractivity contribution in [2.45, 2.75) is 37.1 Å². The smallest absolute Gasteiger partial charge is 0.306 e. The van der Waals surface area contributed by atoms with E-state index in [0.717, 1.165) is 29.2 Å². The van der Waals surface area contributed by atoms with Crippen molar-refractivity contribution in [3.8, 4) is 0 Å². The van der Waals surface area contributed by atoms with Crippen LogP contribution < -0.4 is 5.73 Å². The number of ether oxygens (including phenoxy) is 1. The van der Waals surface area contributed by atoms with E-state index in [9.17, 15) is 4.79 Å². The zero-order valence-electron chi connectivity index (χ0n) is 11.4. The highest BCUT2D eigenvalue weighted by atomic mass is 32.2. The lowest BCUT2D eigenvalue weighted by molar-refractivity contribution is -0.141. The predicted octanol–water partition coefficient (Wildman–Crippen LogP) is 2.54. The molecule has 2 N–H and O–H groups in total. The Morgan fingerprint density at radius 1 is 1.58 bits per heavy atom. The van der Waals surface area contributed by atoms with Crippen LogP contribution in [0.5, 0.6) is 0 Å². The van der Waals surface area contributed by atoms with Crippen LogP contribution in [0.2, 0.25) is 0 Å². The van der Waals surface area contributed by atoms with Gasteiger partial charge in [-0.15, -0.1) is 11.8 Å². The molecule has 4 nitrogen and oxygen atoms in total. The van der Waals surface area contributed by atoms with Gasteiger partial charge in [-0.2, -0.15) is 0 Å². The molecule has 0 aliphatic heterocycles. The summed E-state index contributed by atoms with van der Waals surface area (Å²) in [5.74, 6) is 0.838. The van der Waals surface area contributed by atoms with Crippen molar-refractivity contribution >= 4 is 17.7 Å².